The number of hydrogen-bond donors (Lipinski definition) is 0. The van der Waals surface area contributed by atoms with Crippen molar-refractivity contribution in [3.05, 3.63) is 96.3 Å². The van der Waals surface area contributed by atoms with Gasteiger partial charge in [-0.1, -0.05) is 103 Å². The van der Waals surface area contributed by atoms with E-state index in [1.54, 1.807) is 0 Å². The van der Waals surface area contributed by atoms with Crippen molar-refractivity contribution in [3.63, 3.8) is 0 Å². The fourth-order valence-corrected chi connectivity index (χ4v) is 6.24. The highest BCUT2D eigenvalue weighted by Gasteiger charge is 2.58. The van der Waals surface area contributed by atoms with E-state index in [0.717, 1.165) is 17.3 Å². The van der Waals surface area contributed by atoms with Crippen molar-refractivity contribution < 1.29 is 0 Å². The summed E-state index contributed by atoms with van der Waals surface area (Å²) in [7, 11) is 0. The summed E-state index contributed by atoms with van der Waals surface area (Å²) >= 11 is 0. The Bertz CT molecular complexity index is 1480. The zero-order valence-corrected chi connectivity index (χ0v) is 22.9. The topological polar surface area (TPSA) is 32.3 Å². The maximum absolute atomic E-state index is 4.91. The number of benzene rings is 3. The molecule has 0 N–H and O–H groups in total. The van der Waals surface area contributed by atoms with Crippen LogP contribution >= 0.6 is 0 Å². The summed E-state index contributed by atoms with van der Waals surface area (Å²) in [4.78, 5) is 14.6. The molecule has 188 valence electrons. The molecule has 0 fully saturated rings. The van der Waals surface area contributed by atoms with Gasteiger partial charge in [0, 0.05) is 34.6 Å². The van der Waals surface area contributed by atoms with Crippen LogP contribution in [0, 0.1) is 5.41 Å². The minimum absolute atomic E-state index is 0.0305. The van der Waals surface area contributed by atoms with Crippen LogP contribution in [0.25, 0.3) is 11.1 Å². The Morgan fingerprint density at radius 2 is 1.35 bits per heavy atom. The van der Waals surface area contributed by atoms with E-state index in [4.69, 9.17) is 9.97 Å². The SMILES string of the molecule is CC(C)(C)c1ccccc1-c1ccc2c(c1)N1c3nccnc3N(c3ccccc3)C1C(C)(C)C2(C)C. The van der Waals surface area contributed by atoms with E-state index in [0.29, 0.717) is 0 Å². The molecule has 4 heteroatoms. The Kier molecular flexibility index (Phi) is 5.08. The monoisotopic (exact) mass is 488 g/mol. The van der Waals surface area contributed by atoms with Gasteiger partial charge in [-0.3, -0.25) is 0 Å². The molecule has 3 heterocycles. The Morgan fingerprint density at radius 1 is 0.730 bits per heavy atom. The lowest BCUT2D eigenvalue weighted by atomic mass is 9.59. The molecule has 3 aromatic carbocycles. The Hall–Kier alpha value is -3.66. The highest BCUT2D eigenvalue weighted by Crippen LogP contribution is 2.61. The van der Waals surface area contributed by atoms with Crippen LogP contribution in [-0.2, 0) is 10.8 Å². The molecule has 6 rings (SSSR count). The van der Waals surface area contributed by atoms with Gasteiger partial charge < -0.3 is 9.80 Å². The molecule has 2 aliphatic rings. The van der Waals surface area contributed by atoms with Gasteiger partial charge in [-0.25, -0.2) is 9.97 Å². The fraction of sp³-hybridized carbons (Fsp3) is 0.333. The lowest BCUT2D eigenvalue weighted by Gasteiger charge is -2.56. The zero-order chi connectivity index (χ0) is 26.2. The van der Waals surface area contributed by atoms with Crippen molar-refractivity contribution in [1.29, 1.82) is 0 Å². The van der Waals surface area contributed by atoms with Gasteiger partial charge in [0.2, 0.25) is 0 Å². The molecule has 2 aliphatic heterocycles. The third-order valence-corrected chi connectivity index (χ3v) is 8.87. The standard InChI is InChI=1S/C33H36N4/c1-31(2,3)25-16-12-11-15-24(25)22-17-18-26-27(21-22)37-29-28(34-19-20-35-29)36(23-13-9-8-10-14-23)30(37)33(6,7)32(26,4)5/h8-21,30H,1-7H3. The van der Waals surface area contributed by atoms with E-state index in [1.807, 2.05) is 12.4 Å². The summed E-state index contributed by atoms with van der Waals surface area (Å²) in [6.07, 6.45) is 3.65. The van der Waals surface area contributed by atoms with Crippen molar-refractivity contribution in [2.24, 2.45) is 5.41 Å². The first-order valence-electron chi connectivity index (χ1n) is 13.2. The average molecular weight is 489 g/mol. The lowest BCUT2D eigenvalue weighted by molar-refractivity contribution is 0.146. The minimum atomic E-state index is -0.122. The molecule has 0 amide bonds. The number of rotatable bonds is 2. The third-order valence-electron chi connectivity index (χ3n) is 8.87. The molecule has 4 nitrogen and oxygen atoms in total. The number of hydrogen-bond acceptors (Lipinski definition) is 4. The maximum atomic E-state index is 4.91. The van der Waals surface area contributed by atoms with Gasteiger partial charge in [-0.15, -0.1) is 0 Å². The van der Waals surface area contributed by atoms with Crippen LogP contribution in [0.4, 0.5) is 23.0 Å². The fourth-order valence-electron chi connectivity index (χ4n) is 6.24. The first-order valence-corrected chi connectivity index (χ1v) is 13.2. The van der Waals surface area contributed by atoms with Gasteiger partial charge in [0.05, 0.1) is 0 Å². The number of fused-ring (bicyclic) bond motifs is 5. The molecule has 37 heavy (non-hydrogen) atoms. The molecule has 1 unspecified atom stereocenters. The first-order chi connectivity index (χ1) is 17.5. The summed E-state index contributed by atoms with van der Waals surface area (Å²) in [6.45, 7) is 16.4. The quantitative estimate of drug-likeness (QED) is 0.284. The molecular weight excluding hydrogens is 452 g/mol. The summed E-state index contributed by atoms with van der Waals surface area (Å²) < 4.78 is 0. The second-order valence-corrected chi connectivity index (χ2v) is 12.5. The number of anilines is 4. The van der Waals surface area contributed by atoms with Crippen molar-refractivity contribution in [2.45, 2.75) is 65.5 Å². The molecule has 0 aliphatic carbocycles. The Balaban J connectivity index is 1.63. The van der Waals surface area contributed by atoms with Crippen LogP contribution < -0.4 is 9.80 Å². The smallest absolute Gasteiger partial charge is 0.178 e. The summed E-state index contributed by atoms with van der Waals surface area (Å²) in [5.41, 5.74) is 7.41. The molecule has 1 aromatic heterocycles. The van der Waals surface area contributed by atoms with Crippen molar-refractivity contribution >= 4 is 23.0 Å². The first kappa shape index (κ1) is 23.7. The molecule has 0 bridgehead atoms. The molecule has 1 atom stereocenters. The summed E-state index contributed by atoms with van der Waals surface area (Å²) in [5, 5.41) is 0. The van der Waals surface area contributed by atoms with Crippen LogP contribution in [0.2, 0.25) is 0 Å². The predicted octanol–water partition coefficient (Wildman–Crippen LogP) is 8.37. The van der Waals surface area contributed by atoms with Crippen LogP contribution in [0.3, 0.4) is 0 Å². The van der Waals surface area contributed by atoms with E-state index >= 15 is 0 Å². The number of para-hydroxylation sites is 1. The van der Waals surface area contributed by atoms with Gasteiger partial charge in [0.25, 0.3) is 0 Å². The predicted molar refractivity (Wildman–Crippen MR) is 154 cm³/mol. The van der Waals surface area contributed by atoms with E-state index < -0.39 is 0 Å². The molecule has 4 aromatic rings. The molecule has 0 saturated carbocycles. The molecule has 0 radical (unpaired) electrons. The van der Waals surface area contributed by atoms with Crippen molar-refractivity contribution in [1.82, 2.24) is 9.97 Å². The van der Waals surface area contributed by atoms with E-state index in [1.165, 1.54) is 27.9 Å². The van der Waals surface area contributed by atoms with Gasteiger partial charge in [-0.2, -0.15) is 0 Å². The van der Waals surface area contributed by atoms with Gasteiger partial charge in [-0.05, 0) is 45.9 Å². The maximum Gasteiger partial charge on any atom is 0.178 e. The second-order valence-electron chi connectivity index (χ2n) is 12.5. The highest BCUT2D eigenvalue weighted by molar-refractivity contribution is 5.88. The van der Waals surface area contributed by atoms with Crippen LogP contribution in [-0.4, -0.2) is 16.1 Å². The van der Waals surface area contributed by atoms with E-state index in [-0.39, 0.29) is 22.4 Å². The Labute approximate surface area is 221 Å². The number of aromatic nitrogens is 2. The molecular formula is C33H36N4. The Morgan fingerprint density at radius 3 is 2.03 bits per heavy atom. The minimum Gasteiger partial charge on any atom is -0.301 e. The van der Waals surface area contributed by atoms with Crippen molar-refractivity contribution in [2.75, 3.05) is 9.80 Å². The van der Waals surface area contributed by atoms with Gasteiger partial charge in [0.1, 0.15) is 6.17 Å². The van der Waals surface area contributed by atoms with E-state index in [9.17, 15) is 0 Å². The van der Waals surface area contributed by atoms with E-state index in [2.05, 4.69) is 131 Å². The third kappa shape index (κ3) is 3.34. The largest absolute Gasteiger partial charge is 0.301 e. The molecule has 0 spiro atoms. The van der Waals surface area contributed by atoms with Crippen LogP contribution in [0.15, 0.2) is 85.2 Å². The van der Waals surface area contributed by atoms with Crippen LogP contribution in [0.1, 0.15) is 59.6 Å². The normalized spacial score (nSPS) is 19.3. The second kappa shape index (κ2) is 7.92. The average Bonchev–Trinajstić information content (AvgIpc) is 3.24. The summed E-state index contributed by atoms with van der Waals surface area (Å²) in [6, 6.07) is 26.5. The summed E-state index contributed by atoms with van der Waals surface area (Å²) in [5.74, 6) is 1.83. The number of nitrogens with zero attached hydrogens (tertiary/aromatic N) is 4. The van der Waals surface area contributed by atoms with Crippen molar-refractivity contribution in [3.8, 4) is 11.1 Å². The van der Waals surface area contributed by atoms with Gasteiger partial charge in [0.15, 0.2) is 11.6 Å². The lowest BCUT2D eigenvalue weighted by Crippen LogP contribution is -2.60. The van der Waals surface area contributed by atoms with Crippen LogP contribution in [0.5, 0.6) is 0 Å². The van der Waals surface area contributed by atoms with Gasteiger partial charge >= 0.3 is 0 Å². The molecule has 0 saturated heterocycles. The zero-order valence-electron chi connectivity index (χ0n) is 22.9. The highest BCUT2D eigenvalue weighted by atomic mass is 15.5.